The van der Waals surface area contributed by atoms with E-state index in [2.05, 4.69) is 0 Å². The van der Waals surface area contributed by atoms with E-state index in [1.807, 2.05) is 41.2 Å². The molecule has 0 aliphatic heterocycles. The molecule has 1 aromatic heterocycles. The van der Waals surface area contributed by atoms with Gasteiger partial charge >= 0.3 is 0 Å². The Hall–Kier alpha value is -2.47. The summed E-state index contributed by atoms with van der Waals surface area (Å²) in [5, 5.41) is 8.66. The third-order valence-corrected chi connectivity index (χ3v) is 2.44. The van der Waals surface area contributed by atoms with E-state index in [0.717, 1.165) is 0 Å². The van der Waals surface area contributed by atoms with Crippen LogP contribution in [0, 0.1) is 11.3 Å². The van der Waals surface area contributed by atoms with Gasteiger partial charge in [0.25, 0.3) is 0 Å². The second-order valence-corrected chi connectivity index (χ2v) is 3.66. The second-order valence-electron chi connectivity index (χ2n) is 3.66. The number of carbonyl (C=O) groups excluding carboxylic acids is 1. The molecule has 0 aliphatic rings. The van der Waals surface area contributed by atoms with Gasteiger partial charge in [-0.3, -0.25) is 4.79 Å². The fourth-order valence-electron chi connectivity index (χ4n) is 1.53. The number of benzene rings is 1. The van der Waals surface area contributed by atoms with E-state index in [1.165, 1.54) is 0 Å². The number of pyridine rings is 1. The fraction of sp³-hybridized carbons (Fsp3) is 0.0714. The van der Waals surface area contributed by atoms with Crippen molar-refractivity contribution in [2.45, 2.75) is 6.54 Å². The third kappa shape index (κ3) is 2.76. The first-order valence-electron chi connectivity index (χ1n) is 5.27. The predicted octanol–water partition coefficient (Wildman–Crippen LogP) is 1.73. The minimum atomic E-state index is 0.0330. The highest BCUT2D eigenvalue weighted by Crippen LogP contribution is 2.04. The monoisotopic (exact) mass is 223 g/mol. The number of nitriles is 1. The van der Waals surface area contributed by atoms with Gasteiger partial charge in [0.2, 0.25) is 12.3 Å². The molecule has 17 heavy (non-hydrogen) atoms. The number of nitrogens with zero attached hydrogens (tertiary/aromatic N) is 2. The summed E-state index contributed by atoms with van der Waals surface area (Å²) < 4.78 is 1.82. The van der Waals surface area contributed by atoms with Crippen molar-refractivity contribution in [2.75, 3.05) is 0 Å². The van der Waals surface area contributed by atoms with Crippen LogP contribution in [0.2, 0.25) is 0 Å². The van der Waals surface area contributed by atoms with Crippen molar-refractivity contribution in [3.05, 3.63) is 66.0 Å². The van der Waals surface area contributed by atoms with Crippen molar-refractivity contribution >= 4 is 5.78 Å². The van der Waals surface area contributed by atoms with Crippen LogP contribution < -0.4 is 4.57 Å². The van der Waals surface area contributed by atoms with Crippen LogP contribution in [0.1, 0.15) is 15.9 Å². The van der Waals surface area contributed by atoms with E-state index >= 15 is 0 Å². The first kappa shape index (κ1) is 11.0. The number of hydrogen-bond acceptors (Lipinski definition) is 2. The molecule has 3 nitrogen and oxygen atoms in total. The summed E-state index contributed by atoms with van der Waals surface area (Å²) in [5.74, 6) is 0.0330. The maximum Gasteiger partial charge on any atom is 0.227 e. The number of aromatic nitrogens is 1. The molecule has 0 saturated heterocycles. The first-order valence-corrected chi connectivity index (χ1v) is 5.27. The maximum atomic E-state index is 11.9. The van der Waals surface area contributed by atoms with Crippen LogP contribution in [0.4, 0.5) is 0 Å². The van der Waals surface area contributed by atoms with Crippen molar-refractivity contribution in [3.8, 4) is 6.07 Å². The molecule has 0 N–H and O–H groups in total. The molecule has 2 rings (SSSR count). The van der Waals surface area contributed by atoms with E-state index in [4.69, 9.17) is 5.26 Å². The van der Waals surface area contributed by atoms with Gasteiger partial charge in [-0.05, 0) is 24.3 Å². The number of Topliss-reactive ketones (excluding diaryl/α,β-unsaturated/α-hetero) is 1. The molecule has 3 heteroatoms. The van der Waals surface area contributed by atoms with Crippen molar-refractivity contribution in [1.29, 1.82) is 5.26 Å². The van der Waals surface area contributed by atoms with Crippen LogP contribution in [0.25, 0.3) is 0 Å². The molecule has 1 heterocycles. The van der Waals surface area contributed by atoms with Crippen molar-refractivity contribution in [3.63, 3.8) is 0 Å². The summed E-state index contributed by atoms with van der Waals surface area (Å²) in [6.07, 6.45) is 3.70. The standard InChI is InChI=1S/C14H11N2O/c15-10-12-4-6-13(7-5-12)14(17)11-16-8-2-1-3-9-16/h1-9H,11H2/q+1. The minimum absolute atomic E-state index is 0.0330. The lowest BCUT2D eigenvalue weighted by atomic mass is 10.1. The van der Waals surface area contributed by atoms with Crippen LogP contribution in [-0.4, -0.2) is 5.78 Å². The highest BCUT2D eigenvalue weighted by atomic mass is 16.1. The van der Waals surface area contributed by atoms with Crippen LogP contribution >= 0.6 is 0 Å². The SMILES string of the molecule is N#Cc1ccc(C(=O)C[n+]2ccccc2)cc1. The molecule has 0 bridgehead atoms. The Morgan fingerprint density at radius 1 is 1.12 bits per heavy atom. The first-order chi connectivity index (χ1) is 8.29. The average Bonchev–Trinajstić information content (AvgIpc) is 2.40. The topological polar surface area (TPSA) is 44.7 Å². The molecule has 0 saturated carbocycles. The maximum absolute atomic E-state index is 11.9. The molecule has 2 aromatic rings. The van der Waals surface area contributed by atoms with Crippen molar-refractivity contribution < 1.29 is 9.36 Å². The Labute approximate surface area is 99.6 Å². The number of rotatable bonds is 3. The summed E-state index contributed by atoms with van der Waals surface area (Å²) in [4.78, 5) is 11.9. The molecule has 0 unspecified atom stereocenters. The van der Waals surface area contributed by atoms with E-state index in [-0.39, 0.29) is 5.78 Å². The summed E-state index contributed by atoms with van der Waals surface area (Å²) in [6, 6.07) is 14.4. The summed E-state index contributed by atoms with van der Waals surface area (Å²) in [7, 11) is 0. The Bertz CT molecular complexity index is 553. The molecule has 0 spiro atoms. The van der Waals surface area contributed by atoms with Gasteiger partial charge < -0.3 is 0 Å². The van der Waals surface area contributed by atoms with Crippen molar-refractivity contribution in [1.82, 2.24) is 0 Å². The average molecular weight is 223 g/mol. The zero-order valence-corrected chi connectivity index (χ0v) is 9.21. The van der Waals surface area contributed by atoms with Crippen LogP contribution in [0.5, 0.6) is 0 Å². The van der Waals surface area contributed by atoms with Gasteiger partial charge in [-0.2, -0.15) is 9.83 Å². The smallest absolute Gasteiger partial charge is 0.227 e. The highest BCUT2D eigenvalue weighted by Gasteiger charge is 2.10. The zero-order valence-electron chi connectivity index (χ0n) is 9.21. The highest BCUT2D eigenvalue weighted by molar-refractivity contribution is 5.95. The van der Waals surface area contributed by atoms with Crippen LogP contribution in [0.3, 0.4) is 0 Å². The molecule has 82 valence electrons. The van der Waals surface area contributed by atoms with Gasteiger partial charge in [0.1, 0.15) is 0 Å². The predicted molar refractivity (Wildman–Crippen MR) is 62.1 cm³/mol. The molecular weight excluding hydrogens is 212 g/mol. The van der Waals surface area contributed by atoms with E-state index in [9.17, 15) is 4.79 Å². The van der Waals surface area contributed by atoms with Gasteiger partial charge in [-0.25, -0.2) is 0 Å². The summed E-state index contributed by atoms with van der Waals surface area (Å²) in [6.45, 7) is 0.312. The van der Waals surface area contributed by atoms with Gasteiger partial charge in [0, 0.05) is 17.7 Å². The number of carbonyl (C=O) groups is 1. The molecule has 0 fully saturated rings. The van der Waals surface area contributed by atoms with Crippen LogP contribution in [-0.2, 0) is 6.54 Å². The third-order valence-electron chi connectivity index (χ3n) is 2.44. The molecule has 0 amide bonds. The number of hydrogen-bond donors (Lipinski definition) is 0. The van der Waals surface area contributed by atoms with Gasteiger partial charge in [-0.15, -0.1) is 0 Å². The van der Waals surface area contributed by atoms with E-state index in [1.54, 1.807) is 24.3 Å². The van der Waals surface area contributed by atoms with Gasteiger partial charge in [0.15, 0.2) is 12.4 Å². The lowest BCUT2D eigenvalue weighted by Gasteiger charge is -1.98. The second kappa shape index (κ2) is 5.04. The summed E-state index contributed by atoms with van der Waals surface area (Å²) >= 11 is 0. The minimum Gasteiger partial charge on any atom is -0.287 e. The molecular formula is C14H11N2O+. The Morgan fingerprint density at radius 2 is 1.76 bits per heavy atom. The molecule has 0 aliphatic carbocycles. The fourth-order valence-corrected chi connectivity index (χ4v) is 1.53. The Morgan fingerprint density at radius 3 is 2.35 bits per heavy atom. The van der Waals surface area contributed by atoms with Crippen molar-refractivity contribution in [2.24, 2.45) is 0 Å². The molecule has 1 aromatic carbocycles. The Kier molecular flexibility index (Phi) is 3.27. The largest absolute Gasteiger partial charge is 0.287 e. The summed E-state index contributed by atoms with van der Waals surface area (Å²) in [5.41, 5.74) is 1.19. The van der Waals surface area contributed by atoms with E-state index in [0.29, 0.717) is 17.7 Å². The number of ketones is 1. The molecule has 0 atom stereocenters. The zero-order chi connectivity index (χ0) is 12.1. The Balaban J connectivity index is 2.13. The van der Waals surface area contributed by atoms with Gasteiger partial charge in [-0.1, -0.05) is 6.07 Å². The molecule has 0 radical (unpaired) electrons. The van der Waals surface area contributed by atoms with E-state index < -0.39 is 0 Å². The normalized spacial score (nSPS) is 9.59. The van der Waals surface area contributed by atoms with Crippen LogP contribution in [0.15, 0.2) is 54.9 Å². The van der Waals surface area contributed by atoms with Gasteiger partial charge in [0.05, 0.1) is 11.6 Å². The lowest BCUT2D eigenvalue weighted by molar-refractivity contribution is -0.683. The lowest BCUT2D eigenvalue weighted by Crippen LogP contribution is -2.36. The quantitative estimate of drug-likeness (QED) is 0.587.